The number of benzene rings is 2. The zero-order valence-corrected chi connectivity index (χ0v) is 12.4. The Morgan fingerprint density at radius 3 is 2.30 bits per heavy atom. The summed E-state index contributed by atoms with van der Waals surface area (Å²) in [5.74, 6) is 0.432. The largest absolute Gasteiger partial charge is 0.289 e. The minimum absolute atomic E-state index is 0.0801. The molecule has 0 aromatic heterocycles. The summed E-state index contributed by atoms with van der Waals surface area (Å²) in [6.07, 6.45) is 3.38. The number of halogens is 1. The molecule has 102 valence electrons. The van der Waals surface area contributed by atoms with E-state index in [0.29, 0.717) is 16.5 Å². The summed E-state index contributed by atoms with van der Waals surface area (Å²) in [5, 5.41) is 0.484. The van der Waals surface area contributed by atoms with Gasteiger partial charge in [-0.15, -0.1) is 0 Å². The molecule has 20 heavy (non-hydrogen) atoms. The fourth-order valence-electron chi connectivity index (χ4n) is 1.91. The van der Waals surface area contributed by atoms with Crippen LogP contribution < -0.4 is 0 Å². The predicted octanol–water partition coefficient (Wildman–Crippen LogP) is 5.36. The van der Waals surface area contributed by atoms with E-state index in [9.17, 15) is 4.79 Å². The minimum atomic E-state index is -0.0801. The highest BCUT2D eigenvalue weighted by Gasteiger charge is 2.05. The lowest BCUT2D eigenvalue weighted by molar-refractivity contribution is 0.104. The topological polar surface area (TPSA) is 17.1 Å². The highest BCUT2D eigenvalue weighted by atomic mass is 35.5. The normalized spacial score (nSPS) is 11.2. The summed E-state index contributed by atoms with van der Waals surface area (Å²) < 4.78 is 0. The second-order valence-corrected chi connectivity index (χ2v) is 5.41. The molecule has 0 amide bonds. The lowest BCUT2D eigenvalue weighted by Gasteiger charge is -2.04. The van der Waals surface area contributed by atoms with Crippen molar-refractivity contribution in [3.63, 3.8) is 0 Å². The molecule has 0 aliphatic carbocycles. The van der Waals surface area contributed by atoms with Gasteiger partial charge < -0.3 is 0 Å². The van der Waals surface area contributed by atoms with Crippen LogP contribution in [0.2, 0.25) is 5.02 Å². The fourth-order valence-corrected chi connectivity index (χ4v) is 2.14. The number of carbonyl (C=O) groups is 1. The molecule has 0 radical (unpaired) electrons. The Labute approximate surface area is 124 Å². The Kier molecular flexibility index (Phi) is 4.75. The van der Waals surface area contributed by atoms with Crippen molar-refractivity contribution >= 4 is 23.5 Å². The highest BCUT2D eigenvalue weighted by Crippen LogP contribution is 2.18. The van der Waals surface area contributed by atoms with Gasteiger partial charge >= 0.3 is 0 Å². The number of rotatable bonds is 4. The van der Waals surface area contributed by atoms with Crippen LogP contribution in [0.25, 0.3) is 6.08 Å². The molecule has 0 fully saturated rings. The first-order chi connectivity index (χ1) is 9.58. The fraction of sp³-hybridized carbons (Fsp3) is 0.167. The van der Waals surface area contributed by atoms with Crippen LogP contribution in [0.4, 0.5) is 0 Å². The Bertz CT molecular complexity index is 624. The van der Waals surface area contributed by atoms with Gasteiger partial charge in [0.05, 0.1) is 5.02 Å². The number of carbonyl (C=O) groups excluding carboxylic acids is 1. The van der Waals surface area contributed by atoms with Gasteiger partial charge in [-0.05, 0) is 35.3 Å². The van der Waals surface area contributed by atoms with Crippen LogP contribution in [-0.2, 0) is 0 Å². The molecule has 0 heterocycles. The molecule has 0 atom stereocenters. The van der Waals surface area contributed by atoms with Crippen molar-refractivity contribution in [2.24, 2.45) is 0 Å². The van der Waals surface area contributed by atoms with Gasteiger partial charge in [0.2, 0.25) is 0 Å². The molecular formula is C18H17ClO. The molecule has 2 heteroatoms. The molecular weight excluding hydrogens is 268 g/mol. The maximum Gasteiger partial charge on any atom is 0.187 e. The smallest absolute Gasteiger partial charge is 0.187 e. The maximum absolute atomic E-state index is 12.0. The first-order valence-electron chi connectivity index (χ1n) is 6.65. The minimum Gasteiger partial charge on any atom is -0.289 e. The van der Waals surface area contributed by atoms with Crippen molar-refractivity contribution in [1.29, 1.82) is 0 Å². The van der Waals surface area contributed by atoms with Crippen molar-refractivity contribution in [2.75, 3.05) is 0 Å². The second kappa shape index (κ2) is 6.53. The average Bonchev–Trinajstić information content (AvgIpc) is 2.45. The summed E-state index contributed by atoms with van der Waals surface area (Å²) in [6.45, 7) is 4.32. The molecule has 0 spiro atoms. The molecule has 1 nitrogen and oxygen atoms in total. The van der Waals surface area contributed by atoms with Crippen molar-refractivity contribution in [3.05, 3.63) is 76.3 Å². The van der Waals surface area contributed by atoms with Crippen molar-refractivity contribution in [2.45, 2.75) is 19.8 Å². The Morgan fingerprint density at radius 2 is 1.70 bits per heavy atom. The van der Waals surface area contributed by atoms with Crippen LogP contribution in [0.15, 0.2) is 54.6 Å². The van der Waals surface area contributed by atoms with E-state index in [-0.39, 0.29) is 5.78 Å². The molecule has 2 aromatic rings. The lowest BCUT2D eigenvalue weighted by atomic mass is 10.0. The van der Waals surface area contributed by atoms with E-state index >= 15 is 0 Å². The molecule has 0 aliphatic heterocycles. The highest BCUT2D eigenvalue weighted by molar-refractivity contribution is 6.34. The zero-order chi connectivity index (χ0) is 14.5. The van der Waals surface area contributed by atoms with Crippen LogP contribution in [0, 0.1) is 0 Å². The number of hydrogen-bond donors (Lipinski definition) is 0. The molecule has 2 aromatic carbocycles. The van der Waals surface area contributed by atoms with Gasteiger partial charge in [-0.1, -0.05) is 67.9 Å². The second-order valence-electron chi connectivity index (χ2n) is 5.00. The third kappa shape index (κ3) is 3.58. The van der Waals surface area contributed by atoms with Crippen LogP contribution in [0.5, 0.6) is 0 Å². The van der Waals surface area contributed by atoms with Gasteiger partial charge in [-0.2, -0.15) is 0 Å². The van der Waals surface area contributed by atoms with Crippen LogP contribution in [0.3, 0.4) is 0 Å². The Morgan fingerprint density at radius 1 is 1.05 bits per heavy atom. The molecule has 0 saturated carbocycles. The third-order valence-corrected chi connectivity index (χ3v) is 3.50. The van der Waals surface area contributed by atoms with Gasteiger partial charge in [0.25, 0.3) is 0 Å². The van der Waals surface area contributed by atoms with Gasteiger partial charge in [0, 0.05) is 5.56 Å². The zero-order valence-electron chi connectivity index (χ0n) is 11.6. The quantitative estimate of drug-likeness (QED) is 0.546. The van der Waals surface area contributed by atoms with Crippen LogP contribution >= 0.6 is 11.6 Å². The summed E-state index contributed by atoms with van der Waals surface area (Å²) in [6, 6.07) is 15.3. The van der Waals surface area contributed by atoms with Crippen molar-refractivity contribution < 1.29 is 4.79 Å². The number of ketones is 1. The first-order valence-corrected chi connectivity index (χ1v) is 7.02. The monoisotopic (exact) mass is 284 g/mol. The summed E-state index contributed by atoms with van der Waals surface area (Å²) >= 11 is 6.00. The molecule has 0 aliphatic rings. The van der Waals surface area contributed by atoms with Crippen molar-refractivity contribution in [1.82, 2.24) is 0 Å². The van der Waals surface area contributed by atoms with E-state index in [4.69, 9.17) is 11.6 Å². The maximum atomic E-state index is 12.0. The van der Waals surface area contributed by atoms with Gasteiger partial charge in [-0.25, -0.2) is 0 Å². The van der Waals surface area contributed by atoms with Crippen LogP contribution in [0.1, 0.15) is 41.3 Å². The standard InChI is InChI=1S/C18H17ClO/c1-13(2)15-10-7-14(8-11-15)9-12-18(20)16-5-3-4-6-17(16)19/h3-13H,1-2H3/b12-9+. The number of hydrogen-bond acceptors (Lipinski definition) is 1. The molecule has 2 rings (SSSR count). The van der Waals surface area contributed by atoms with E-state index in [2.05, 4.69) is 26.0 Å². The Hall–Kier alpha value is -1.86. The summed E-state index contributed by atoms with van der Waals surface area (Å²) in [5.41, 5.74) is 2.83. The molecule has 0 bridgehead atoms. The number of allylic oxidation sites excluding steroid dienone is 1. The molecule has 0 unspecified atom stereocenters. The van der Waals surface area contributed by atoms with Gasteiger partial charge in [-0.3, -0.25) is 4.79 Å². The molecule has 0 saturated heterocycles. The van der Waals surface area contributed by atoms with E-state index in [1.807, 2.05) is 30.3 Å². The first kappa shape index (κ1) is 14.5. The molecule has 0 N–H and O–H groups in total. The lowest BCUT2D eigenvalue weighted by Crippen LogP contribution is -1.94. The predicted molar refractivity (Wildman–Crippen MR) is 85.3 cm³/mol. The summed E-state index contributed by atoms with van der Waals surface area (Å²) in [7, 11) is 0. The van der Waals surface area contributed by atoms with E-state index in [1.54, 1.807) is 18.2 Å². The van der Waals surface area contributed by atoms with Crippen molar-refractivity contribution in [3.8, 4) is 0 Å². The van der Waals surface area contributed by atoms with E-state index < -0.39 is 0 Å². The van der Waals surface area contributed by atoms with E-state index in [1.165, 1.54) is 5.56 Å². The third-order valence-electron chi connectivity index (χ3n) is 3.17. The van der Waals surface area contributed by atoms with Gasteiger partial charge in [0.15, 0.2) is 5.78 Å². The SMILES string of the molecule is CC(C)c1ccc(/C=C/C(=O)c2ccccc2Cl)cc1. The Balaban J connectivity index is 2.13. The van der Waals surface area contributed by atoms with Crippen LogP contribution in [-0.4, -0.2) is 5.78 Å². The summed E-state index contributed by atoms with van der Waals surface area (Å²) in [4.78, 5) is 12.0. The van der Waals surface area contributed by atoms with E-state index in [0.717, 1.165) is 5.56 Å². The average molecular weight is 285 g/mol. The van der Waals surface area contributed by atoms with Gasteiger partial charge in [0.1, 0.15) is 0 Å².